The van der Waals surface area contributed by atoms with E-state index in [0.717, 1.165) is 16.6 Å². The summed E-state index contributed by atoms with van der Waals surface area (Å²) in [5, 5.41) is 17.2. The molecule has 1 aromatic carbocycles. The Morgan fingerprint density at radius 1 is 1.16 bits per heavy atom. The third-order valence-electron chi connectivity index (χ3n) is 4.86. The van der Waals surface area contributed by atoms with Gasteiger partial charge in [-0.3, -0.25) is 4.68 Å². The number of fused-ring (bicyclic) bond motifs is 2. The highest BCUT2D eigenvalue weighted by Crippen LogP contribution is 2.23. The number of hydrogen-bond acceptors (Lipinski definition) is 6. The van der Waals surface area contributed by atoms with E-state index in [1.165, 1.54) is 25.7 Å². The molecule has 1 fully saturated rings. The Bertz CT molecular complexity index is 1060. The number of aryl methyl sites for hydroxylation is 1. The van der Waals surface area contributed by atoms with Crippen LogP contribution in [-0.2, 0) is 7.05 Å². The molecular weight excluding hydrogens is 316 g/mol. The molecule has 1 saturated carbocycles. The van der Waals surface area contributed by atoms with E-state index in [4.69, 9.17) is 0 Å². The number of nitrogens with zero attached hydrogens (tertiary/aromatic N) is 7. The number of rotatable bonds is 3. The van der Waals surface area contributed by atoms with Gasteiger partial charge in [-0.25, -0.2) is 4.98 Å². The van der Waals surface area contributed by atoms with Crippen molar-refractivity contribution in [3.8, 4) is 5.69 Å². The van der Waals surface area contributed by atoms with E-state index in [-0.39, 0.29) is 0 Å². The summed E-state index contributed by atoms with van der Waals surface area (Å²) in [6.45, 7) is 0. The van der Waals surface area contributed by atoms with Gasteiger partial charge < -0.3 is 5.32 Å². The van der Waals surface area contributed by atoms with Crippen LogP contribution < -0.4 is 5.32 Å². The molecule has 1 N–H and O–H groups in total. The summed E-state index contributed by atoms with van der Waals surface area (Å²) < 4.78 is 3.60. The Morgan fingerprint density at radius 2 is 2.04 bits per heavy atom. The Balaban J connectivity index is 1.57. The van der Waals surface area contributed by atoms with Crippen LogP contribution in [0.3, 0.4) is 0 Å². The van der Waals surface area contributed by atoms with E-state index >= 15 is 0 Å². The molecule has 1 aliphatic rings. The Morgan fingerprint density at radius 3 is 2.92 bits per heavy atom. The highest BCUT2D eigenvalue weighted by molar-refractivity contribution is 5.82. The topological polar surface area (TPSA) is 86.3 Å². The third kappa shape index (κ3) is 2.41. The number of aromatic nitrogens is 7. The summed E-state index contributed by atoms with van der Waals surface area (Å²) in [6.07, 6.45) is 8.47. The molecule has 5 rings (SSSR count). The normalized spacial score (nSPS) is 15.4. The van der Waals surface area contributed by atoms with Crippen LogP contribution in [0.4, 0.5) is 5.95 Å². The van der Waals surface area contributed by atoms with Gasteiger partial charge in [-0.05, 0) is 31.0 Å². The maximum absolute atomic E-state index is 4.66. The van der Waals surface area contributed by atoms with Crippen LogP contribution in [0, 0.1) is 0 Å². The van der Waals surface area contributed by atoms with E-state index < -0.39 is 0 Å². The Kier molecular flexibility index (Phi) is 3.16. The van der Waals surface area contributed by atoms with Crippen molar-refractivity contribution in [3.05, 3.63) is 30.6 Å². The van der Waals surface area contributed by atoms with Gasteiger partial charge in [0.15, 0.2) is 11.2 Å². The number of nitrogens with one attached hydrogen (secondary N) is 1. The first-order valence-electron chi connectivity index (χ1n) is 8.55. The Labute approximate surface area is 143 Å². The lowest BCUT2D eigenvalue weighted by molar-refractivity contribution is 0.744. The fraction of sp³-hybridized carbons (Fsp3) is 0.353. The van der Waals surface area contributed by atoms with Crippen LogP contribution in [0.25, 0.3) is 27.8 Å². The van der Waals surface area contributed by atoms with Gasteiger partial charge in [0.25, 0.3) is 0 Å². The summed E-state index contributed by atoms with van der Waals surface area (Å²) in [5.74, 6) is 0.644. The lowest BCUT2D eigenvalue weighted by atomic mass is 10.2. The molecule has 25 heavy (non-hydrogen) atoms. The second-order valence-electron chi connectivity index (χ2n) is 6.54. The fourth-order valence-electron chi connectivity index (χ4n) is 3.51. The van der Waals surface area contributed by atoms with Crippen LogP contribution in [0.5, 0.6) is 0 Å². The van der Waals surface area contributed by atoms with E-state index in [0.29, 0.717) is 23.2 Å². The SMILES string of the molecule is Cn1ncc2cc(-n3nnc4cnc(NC5CCCC5)nc43)ccc21. The van der Waals surface area contributed by atoms with Crippen molar-refractivity contribution < 1.29 is 0 Å². The van der Waals surface area contributed by atoms with Crippen LogP contribution in [0.15, 0.2) is 30.6 Å². The largest absolute Gasteiger partial charge is 0.351 e. The Hall–Kier alpha value is -3.03. The van der Waals surface area contributed by atoms with Gasteiger partial charge in [-0.1, -0.05) is 18.1 Å². The first kappa shape index (κ1) is 14.3. The maximum Gasteiger partial charge on any atom is 0.225 e. The first-order valence-corrected chi connectivity index (χ1v) is 8.55. The molecular formula is C17H18N8. The molecule has 0 unspecified atom stereocenters. The predicted molar refractivity (Wildman–Crippen MR) is 94.6 cm³/mol. The standard InChI is InChI=1S/C17H18N8/c1-24-15-7-6-13(8-11(15)9-19-24)25-16-14(22-23-25)10-18-17(21-16)20-12-4-2-3-5-12/h6-10,12H,2-5H2,1H3,(H,18,20,21). The van der Waals surface area contributed by atoms with Crippen molar-refractivity contribution in [2.75, 3.05) is 5.32 Å². The molecule has 3 heterocycles. The molecule has 0 atom stereocenters. The van der Waals surface area contributed by atoms with Crippen molar-refractivity contribution in [2.24, 2.45) is 7.05 Å². The van der Waals surface area contributed by atoms with Gasteiger partial charge >= 0.3 is 0 Å². The average Bonchev–Trinajstić information content (AvgIpc) is 3.35. The predicted octanol–water partition coefficient (Wildman–Crippen LogP) is 2.45. The van der Waals surface area contributed by atoms with E-state index in [1.54, 1.807) is 10.9 Å². The molecule has 0 amide bonds. The summed E-state index contributed by atoms with van der Waals surface area (Å²) in [6, 6.07) is 6.55. The molecule has 0 saturated heterocycles. The number of benzene rings is 1. The van der Waals surface area contributed by atoms with Gasteiger partial charge in [0, 0.05) is 18.5 Å². The fourth-order valence-corrected chi connectivity index (χ4v) is 3.51. The third-order valence-corrected chi connectivity index (χ3v) is 4.86. The quantitative estimate of drug-likeness (QED) is 0.619. The summed E-state index contributed by atoms with van der Waals surface area (Å²) in [5.41, 5.74) is 3.38. The molecule has 4 aromatic rings. The minimum atomic E-state index is 0.466. The summed E-state index contributed by atoms with van der Waals surface area (Å²) >= 11 is 0. The lowest BCUT2D eigenvalue weighted by Crippen LogP contribution is -2.16. The minimum absolute atomic E-state index is 0.466. The zero-order valence-corrected chi connectivity index (χ0v) is 13.9. The minimum Gasteiger partial charge on any atom is -0.351 e. The molecule has 126 valence electrons. The van der Waals surface area contributed by atoms with Gasteiger partial charge in [0.1, 0.15) is 0 Å². The molecule has 8 heteroatoms. The van der Waals surface area contributed by atoms with Gasteiger partial charge in [0.05, 0.1) is 23.6 Å². The van der Waals surface area contributed by atoms with Crippen molar-refractivity contribution in [1.82, 2.24) is 34.7 Å². The smallest absolute Gasteiger partial charge is 0.225 e. The van der Waals surface area contributed by atoms with Crippen LogP contribution in [0.2, 0.25) is 0 Å². The molecule has 1 aliphatic carbocycles. The van der Waals surface area contributed by atoms with E-state index in [9.17, 15) is 0 Å². The molecule has 0 radical (unpaired) electrons. The molecule has 8 nitrogen and oxygen atoms in total. The lowest BCUT2D eigenvalue weighted by Gasteiger charge is -2.11. The van der Waals surface area contributed by atoms with Crippen LogP contribution in [-0.4, -0.2) is 40.8 Å². The van der Waals surface area contributed by atoms with Gasteiger partial charge in [-0.2, -0.15) is 14.8 Å². The van der Waals surface area contributed by atoms with Gasteiger partial charge in [-0.15, -0.1) is 5.10 Å². The zero-order valence-electron chi connectivity index (χ0n) is 13.9. The molecule has 0 aliphatic heterocycles. The van der Waals surface area contributed by atoms with Crippen molar-refractivity contribution in [2.45, 2.75) is 31.7 Å². The summed E-state index contributed by atoms with van der Waals surface area (Å²) in [4.78, 5) is 9.03. The second-order valence-corrected chi connectivity index (χ2v) is 6.54. The van der Waals surface area contributed by atoms with Crippen molar-refractivity contribution in [3.63, 3.8) is 0 Å². The zero-order chi connectivity index (χ0) is 16.8. The molecule has 3 aromatic heterocycles. The summed E-state index contributed by atoms with van der Waals surface area (Å²) in [7, 11) is 1.93. The average molecular weight is 334 g/mol. The second kappa shape index (κ2) is 5.51. The van der Waals surface area contributed by atoms with Crippen molar-refractivity contribution >= 4 is 28.0 Å². The highest BCUT2D eigenvalue weighted by Gasteiger charge is 2.17. The van der Waals surface area contributed by atoms with Crippen molar-refractivity contribution in [1.29, 1.82) is 0 Å². The monoisotopic (exact) mass is 334 g/mol. The van der Waals surface area contributed by atoms with E-state index in [2.05, 4.69) is 30.7 Å². The van der Waals surface area contributed by atoms with Crippen LogP contribution in [0.1, 0.15) is 25.7 Å². The molecule has 0 spiro atoms. The molecule has 0 bridgehead atoms. The number of hydrogen-bond donors (Lipinski definition) is 1. The van der Waals surface area contributed by atoms with E-state index in [1.807, 2.05) is 36.1 Å². The first-order chi connectivity index (χ1) is 12.3. The maximum atomic E-state index is 4.66. The van der Waals surface area contributed by atoms with Crippen LogP contribution >= 0.6 is 0 Å². The number of anilines is 1. The van der Waals surface area contributed by atoms with Gasteiger partial charge in [0.2, 0.25) is 5.95 Å². The highest BCUT2D eigenvalue weighted by atomic mass is 15.4.